The van der Waals surface area contributed by atoms with Crippen LogP contribution in [0, 0.1) is 25.5 Å². The lowest BCUT2D eigenvalue weighted by Gasteiger charge is -2.12. The third-order valence-corrected chi connectivity index (χ3v) is 6.14. The van der Waals surface area contributed by atoms with E-state index in [4.69, 9.17) is 0 Å². The van der Waals surface area contributed by atoms with Gasteiger partial charge in [0.25, 0.3) is 10.0 Å². The number of aryl methyl sites for hydroxylation is 2. The zero-order valence-corrected chi connectivity index (χ0v) is 17.3. The summed E-state index contributed by atoms with van der Waals surface area (Å²) in [5.41, 5.74) is 0.504. The number of hydrogen-bond acceptors (Lipinski definition) is 4. The lowest BCUT2D eigenvalue weighted by molar-refractivity contribution is 0.103. The fraction of sp³-hybridized carbons (Fsp3) is 0.0909. The largest absolute Gasteiger partial charge is 0.345 e. The van der Waals surface area contributed by atoms with Crippen LogP contribution in [0.1, 0.15) is 27.0 Å². The molecular weight excluding hydrogens is 424 g/mol. The number of fused-ring (bicyclic) bond motifs is 1. The maximum atomic E-state index is 15.2. The quantitative estimate of drug-likeness (QED) is 0.447. The van der Waals surface area contributed by atoms with E-state index in [2.05, 4.69) is 14.7 Å². The molecule has 4 aromatic rings. The molecular formula is C22H17F2N3O3S. The van der Waals surface area contributed by atoms with Crippen LogP contribution in [0.3, 0.4) is 0 Å². The number of nitrogens with zero attached hydrogens (tertiary/aromatic N) is 1. The number of anilines is 1. The van der Waals surface area contributed by atoms with Gasteiger partial charge in [-0.25, -0.2) is 22.2 Å². The summed E-state index contributed by atoms with van der Waals surface area (Å²) in [5, 5.41) is 0.412. The van der Waals surface area contributed by atoms with Gasteiger partial charge in [0.05, 0.1) is 16.1 Å². The number of ketones is 1. The van der Waals surface area contributed by atoms with Gasteiger partial charge in [0.15, 0.2) is 5.82 Å². The average Bonchev–Trinajstić information content (AvgIpc) is 3.13. The van der Waals surface area contributed by atoms with E-state index >= 15 is 4.39 Å². The van der Waals surface area contributed by atoms with Gasteiger partial charge in [-0.05, 0) is 55.3 Å². The third-order valence-electron chi connectivity index (χ3n) is 4.77. The number of aromatic nitrogens is 2. The fourth-order valence-electron chi connectivity index (χ4n) is 3.26. The molecule has 0 fully saturated rings. The van der Waals surface area contributed by atoms with Crippen LogP contribution in [-0.2, 0) is 10.0 Å². The second-order valence-corrected chi connectivity index (χ2v) is 8.83. The lowest BCUT2D eigenvalue weighted by Crippen LogP contribution is -2.16. The van der Waals surface area contributed by atoms with Crippen LogP contribution in [0.15, 0.2) is 59.8 Å². The third kappa shape index (κ3) is 3.79. The molecule has 2 aromatic heterocycles. The van der Waals surface area contributed by atoms with E-state index < -0.39 is 38.7 Å². The monoisotopic (exact) mass is 441 g/mol. The molecule has 0 saturated carbocycles. The maximum Gasteiger partial charge on any atom is 0.261 e. The van der Waals surface area contributed by atoms with E-state index in [0.717, 1.165) is 17.7 Å². The Balaban J connectivity index is 1.77. The SMILES string of the molecule is Cc1cccc(S(=O)(=O)Nc2ccc(F)c(C(=O)c3c[nH]c4ncc(C)cc34)c2F)c1. The summed E-state index contributed by atoms with van der Waals surface area (Å²) in [4.78, 5) is 19.9. The summed E-state index contributed by atoms with van der Waals surface area (Å²) >= 11 is 0. The maximum absolute atomic E-state index is 15.2. The van der Waals surface area contributed by atoms with Crippen LogP contribution in [0.5, 0.6) is 0 Å². The molecule has 0 bridgehead atoms. The summed E-state index contributed by atoms with van der Waals surface area (Å²) in [6.45, 7) is 3.49. The smallest absolute Gasteiger partial charge is 0.261 e. The molecule has 0 aliphatic carbocycles. The van der Waals surface area contributed by atoms with Crippen LogP contribution < -0.4 is 4.72 Å². The van der Waals surface area contributed by atoms with Crippen LogP contribution in [0.2, 0.25) is 0 Å². The topological polar surface area (TPSA) is 91.9 Å². The Hall–Kier alpha value is -3.59. The average molecular weight is 441 g/mol. The minimum Gasteiger partial charge on any atom is -0.345 e. The van der Waals surface area contributed by atoms with Crippen molar-refractivity contribution in [1.82, 2.24) is 9.97 Å². The minimum atomic E-state index is -4.15. The minimum absolute atomic E-state index is 0.0303. The van der Waals surface area contributed by atoms with Crippen molar-refractivity contribution in [3.63, 3.8) is 0 Å². The van der Waals surface area contributed by atoms with E-state index in [1.807, 2.05) is 0 Å². The van der Waals surface area contributed by atoms with Crippen LogP contribution in [0.4, 0.5) is 14.5 Å². The number of H-pyrrole nitrogens is 1. The first kappa shape index (κ1) is 20.7. The van der Waals surface area contributed by atoms with Crippen molar-refractivity contribution >= 4 is 32.5 Å². The van der Waals surface area contributed by atoms with Gasteiger partial charge in [0, 0.05) is 23.3 Å². The molecule has 31 heavy (non-hydrogen) atoms. The first-order valence-electron chi connectivity index (χ1n) is 9.23. The molecule has 0 radical (unpaired) electrons. The molecule has 0 amide bonds. The molecule has 0 aliphatic rings. The van der Waals surface area contributed by atoms with Crippen molar-refractivity contribution in [2.45, 2.75) is 18.7 Å². The highest BCUT2D eigenvalue weighted by molar-refractivity contribution is 7.92. The molecule has 0 spiro atoms. The Morgan fingerprint density at radius 2 is 1.84 bits per heavy atom. The molecule has 2 N–H and O–H groups in total. The number of sulfonamides is 1. The summed E-state index contributed by atoms with van der Waals surface area (Å²) in [5.74, 6) is -3.32. The van der Waals surface area contributed by atoms with Crippen molar-refractivity contribution in [1.29, 1.82) is 0 Å². The first-order chi connectivity index (χ1) is 14.7. The van der Waals surface area contributed by atoms with Gasteiger partial charge in [0.1, 0.15) is 11.5 Å². The Morgan fingerprint density at radius 3 is 2.58 bits per heavy atom. The van der Waals surface area contributed by atoms with E-state index in [1.165, 1.54) is 18.3 Å². The molecule has 0 atom stereocenters. The van der Waals surface area contributed by atoms with Crippen molar-refractivity contribution in [3.05, 3.63) is 88.7 Å². The van der Waals surface area contributed by atoms with Gasteiger partial charge in [-0.3, -0.25) is 9.52 Å². The Bertz CT molecular complexity index is 1450. The number of rotatable bonds is 5. The highest BCUT2D eigenvalue weighted by Crippen LogP contribution is 2.28. The van der Waals surface area contributed by atoms with Gasteiger partial charge in [-0.15, -0.1) is 0 Å². The summed E-state index contributed by atoms with van der Waals surface area (Å²) in [6.07, 6.45) is 2.91. The van der Waals surface area contributed by atoms with Gasteiger partial charge in [-0.1, -0.05) is 12.1 Å². The van der Waals surface area contributed by atoms with Crippen molar-refractivity contribution in [2.75, 3.05) is 4.72 Å². The Morgan fingerprint density at radius 1 is 1.06 bits per heavy atom. The number of benzene rings is 2. The lowest BCUT2D eigenvalue weighted by atomic mass is 10.0. The summed E-state index contributed by atoms with van der Waals surface area (Å²) in [7, 11) is -4.15. The highest BCUT2D eigenvalue weighted by Gasteiger charge is 2.26. The van der Waals surface area contributed by atoms with E-state index in [-0.39, 0.29) is 10.5 Å². The number of pyridine rings is 1. The normalized spacial score (nSPS) is 11.6. The molecule has 0 aliphatic heterocycles. The molecule has 4 rings (SSSR count). The van der Waals surface area contributed by atoms with E-state index in [0.29, 0.717) is 16.6 Å². The van der Waals surface area contributed by atoms with Gasteiger partial charge in [0.2, 0.25) is 5.78 Å². The van der Waals surface area contributed by atoms with Crippen molar-refractivity contribution in [3.8, 4) is 0 Å². The molecule has 2 heterocycles. The van der Waals surface area contributed by atoms with E-state index in [1.54, 1.807) is 38.2 Å². The standard InChI is InChI=1S/C22H17F2N3O3S/c1-12-4-3-5-14(8-12)31(29,30)27-18-7-6-17(23)19(20(18)24)21(28)16-11-26-22-15(16)9-13(2)10-25-22/h3-11,27H,1-2H3,(H,25,26). The number of carbonyl (C=O) groups excluding carboxylic acids is 1. The Labute approximate surface area is 177 Å². The fourth-order valence-corrected chi connectivity index (χ4v) is 4.42. The summed E-state index contributed by atoms with van der Waals surface area (Å²) in [6, 6.07) is 9.49. The van der Waals surface area contributed by atoms with Crippen LogP contribution >= 0.6 is 0 Å². The highest BCUT2D eigenvalue weighted by atomic mass is 32.2. The molecule has 0 unspecified atom stereocenters. The predicted molar refractivity (Wildman–Crippen MR) is 113 cm³/mol. The van der Waals surface area contributed by atoms with Crippen molar-refractivity contribution in [2.24, 2.45) is 0 Å². The predicted octanol–water partition coefficient (Wildman–Crippen LogP) is 4.49. The molecule has 0 saturated heterocycles. The van der Waals surface area contributed by atoms with Crippen LogP contribution in [0.25, 0.3) is 11.0 Å². The van der Waals surface area contributed by atoms with Crippen molar-refractivity contribution < 1.29 is 22.0 Å². The van der Waals surface area contributed by atoms with E-state index in [9.17, 15) is 17.6 Å². The molecule has 6 nitrogen and oxygen atoms in total. The van der Waals surface area contributed by atoms with Gasteiger partial charge >= 0.3 is 0 Å². The molecule has 158 valence electrons. The number of hydrogen-bond donors (Lipinski definition) is 2. The molecule has 9 heteroatoms. The second-order valence-electron chi connectivity index (χ2n) is 7.15. The number of halogens is 2. The second kappa shape index (κ2) is 7.59. The number of aromatic amines is 1. The van der Waals surface area contributed by atoms with Gasteiger partial charge in [-0.2, -0.15) is 0 Å². The number of carbonyl (C=O) groups is 1. The number of nitrogens with one attached hydrogen (secondary N) is 2. The van der Waals surface area contributed by atoms with Gasteiger partial charge < -0.3 is 4.98 Å². The Kier molecular flexibility index (Phi) is 5.06. The zero-order chi connectivity index (χ0) is 22.3. The zero-order valence-electron chi connectivity index (χ0n) is 16.5. The first-order valence-corrected chi connectivity index (χ1v) is 10.7. The summed E-state index contributed by atoms with van der Waals surface area (Å²) < 4.78 is 57.1. The van der Waals surface area contributed by atoms with Crippen LogP contribution in [-0.4, -0.2) is 24.2 Å². The molecule has 2 aromatic carbocycles.